The molecule has 0 bridgehead atoms. The smallest absolute Gasteiger partial charge is 0.244 e. The van der Waals surface area contributed by atoms with Gasteiger partial charge in [-0.2, -0.15) is 26.3 Å². The molecule has 0 aliphatic rings. The van der Waals surface area contributed by atoms with Gasteiger partial charge in [-0.3, -0.25) is 0 Å². The normalized spacial score (nSPS) is 13.8. The third kappa shape index (κ3) is 2.71. The van der Waals surface area contributed by atoms with Crippen LogP contribution in [0.4, 0.5) is 35.1 Å². The maximum atomic E-state index is 12.3. The molecule has 0 amide bonds. The SMILES string of the molecule is C=C(F)C(F)(F)OC(F)(F)C(F)(F)C(=C)F. The molecule has 0 spiro atoms. The van der Waals surface area contributed by atoms with Crippen LogP contribution in [-0.2, 0) is 4.74 Å². The zero-order valence-electron chi connectivity index (χ0n) is 7.35. The van der Waals surface area contributed by atoms with Crippen LogP contribution < -0.4 is 0 Å². The minimum Gasteiger partial charge on any atom is -0.244 e. The molecule has 0 saturated carbocycles. The molecule has 0 aromatic carbocycles. The van der Waals surface area contributed by atoms with Crippen molar-refractivity contribution in [1.29, 1.82) is 0 Å². The van der Waals surface area contributed by atoms with Crippen molar-refractivity contribution in [2.24, 2.45) is 0 Å². The summed E-state index contributed by atoms with van der Waals surface area (Å²) in [6.07, 6.45) is -11.3. The summed E-state index contributed by atoms with van der Waals surface area (Å²) in [4.78, 5) is 0. The third-order valence-corrected chi connectivity index (χ3v) is 1.28. The van der Waals surface area contributed by atoms with E-state index in [9.17, 15) is 35.1 Å². The van der Waals surface area contributed by atoms with Gasteiger partial charge in [-0.1, -0.05) is 13.2 Å². The molecule has 0 aliphatic heterocycles. The number of hydrogen-bond acceptors (Lipinski definition) is 1. The molecule has 94 valence electrons. The Morgan fingerprint density at radius 3 is 1.44 bits per heavy atom. The van der Waals surface area contributed by atoms with Crippen molar-refractivity contribution in [3.8, 4) is 0 Å². The first kappa shape index (κ1) is 14.9. The van der Waals surface area contributed by atoms with Gasteiger partial charge in [0.2, 0.25) is 0 Å². The molecule has 1 nitrogen and oxygen atoms in total. The molecule has 0 aliphatic carbocycles. The van der Waals surface area contributed by atoms with E-state index in [1.807, 2.05) is 13.2 Å². The quantitative estimate of drug-likeness (QED) is 0.680. The van der Waals surface area contributed by atoms with E-state index in [1.165, 1.54) is 0 Å². The van der Waals surface area contributed by atoms with Crippen LogP contribution in [0, 0.1) is 0 Å². The van der Waals surface area contributed by atoms with Crippen LogP contribution in [0.15, 0.2) is 24.8 Å². The Labute approximate surface area is 84.0 Å². The standard InChI is InChI=1S/C7H4F8O/c1-3(8)5(10,11)7(14,15)16-6(12,13)4(2)9/h1-2H2. The zero-order valence-corrected chi connectivity index (χ0v) is 7.35. The second-order valence-corrected chi connectivity index (χ2v) is 2.52. The van der Waals surface area contributed by atoms with E-state index >= 15 is 0 Å². The summed E-state index contributed by atoms with van der Waals surface area (Å²) in [6.45, 7) is 3.73. The lowest BCUT2D eigenvalue weighted by molar-refractivity contribution is -0.417. The Balaban J connectivity index is 5.10. The van der Waals surface area contributed by atoms with Gasteiger partial charge in [0.15, 0.2) is 11.7 Å². The Morgan fingerprint density at radius 1 is 0.812 bits per heavy atom. The number of alkyl halides is 6. The fraction of sp³-hybridized carbons (Fsp3) is 0.429. The molecular formula is C7H4F8O. The molecule has 0 heterocycles. The van der Waals surface area contributed by atoms with Crippen molar-refractivity contribution in [1.82, 2.24) is 0 Å². The van der Waals surface area contributed by atoms with E-state index in [0.29, 0.717) is 0 Å². The predicted molar refractivity (Wildman–Crippen MR) is 36.4 cm³/mol. The van der Waals surface area contributed by atoms with Crippen molar-refractivity contribution in [3.63, 3.8) is 0 Å². The first-order chi connectivity index (χ1) is 6.84. The summed E-state index contributed by atoms with van der Waals surface area (Å²) in [7, 11) is 0. The van der Waals surface area contributed by atoms with Crippen molar-refractivity contribution < 1.29 is 39.9 Å². The molecule has 0 unspecified atom stereocenters. The highest BCUT2D eigenvalue weighted by molar-refractivity contribution is 5.04. The molecule has 0 fully saturated rings. The summed E-state index contributed by atoms with van der Waals surface area (Å²) < 4.78 is 99.5. The second-order valence-electron chi connectivity index (χ2n) is 2.52. The van der Waals surface area contributed by atoms with Gasteiger partial charge >= 0.3 is 18.1 Å². The number of halogens is 8. The highest BCUT2D eigenvalue weighted by atomic mass is 19.3. The number of rotatable bonds is 5. The van der Waals surface area contributed by atoms with E-state index in [-0.39, 0.29) is 0 Å². The van der Waals surface area contributed by atoms with E-state index < -0.39 is 29.8 Å². The minimum atomic E-state index is -5.97. The van der Waals surface area contributed by atoms with Crippen molar-refractivity contribution in [2.75, 3.05) is 0 Å². The van der Waals surface area contributed by atoms with E-state index in [0.717, 1.165) is 0 Å². The molecule has 0 radical (unpaired) electrons. The summed E-state index contributed by atoms with van der Waals surface area (Å²) >= 11 is 0. The molecule has 9 heteroatoms. The Hall–Kier alpha value is -1.12. The molecule has 0 N–H and O–H groups in total. The van der Waals surface area contributed by atoms with E-state index in [1.54, 1.807) is 0 Å². The van der Waals surface area contributed by atoms with Gasteiger partial charge in [0.25, 0.3) is 0 Å². The summed E-state index contributed by atoms with van der Waals surface area (Å²) in [5.74, 6) is -11.4. The lowest BCUT2D eigenvalue weighted by Crippen LogP contribution is -2.47. The highest BCUT2D eigenvalue weighted by Crippen LogP contribution is 2.45. The molecular weight excluding hydrogens is 252 g/mol. The summed E-state index contributed by atoms with van der Waals surface area (Å²) in [6, 6.07) is 0. The largest absolute Gasteiger partial charge is 0.431 e. The van der Waals surface area contributed by atoms with E-state index in [2.05, 4.69) is 4.74 Å². The van der Waals surface area contributed by atoms with Crippen molar-refractivity contribution in [2.45, 2.75) is 18.1 Å². The number of hydrogen-bond donors (Lipinski definition) is 0. The summed E-state index contributed by atoms with van der Waals surface area (Å²) in [5.41, 5.74) is 0. The van der Waals surface area contributed by atoms with Gasteiger partial charge in [-0.15, -0.1) is 0 Å². The van der Waals surface area contributed by atoms with Crippen LogP contribution in [0.3, 0.4) is 0 Å². The predicted octanol–water partition coefficient (Wildman–Crippen LogP) is 3.79. The van der Waals surface area contributed by atoms with Crippen molar-refractivity contribution >= 4 is 0 Å². The van der Waals surface area contributed by atoms with Gasteiger partial charge in [-0.25, -0.2) is 13.5 Å². The second kappa shape index (κ2) is 4.04. The van der Waals surface area contributed by atoms with Crippen molar-refractivity contribution in [3.05, 3.63) is 24.8 Å². The lowest BCUT2D eigenvalue weighted by atomic mass is 10.3. The fourth-order valence-electron chi connectivity index (χ4n) is 0.438. The molecule has 0 aromatic rings. The first-order valence-corrected chi connectivity index (χ1v) is 3.38. The molecule has 0 rings (SSSR count). The van der Waals surface area contributed by atoms with Crippen LogP contribution in [0.2, 0.25) is 0 Å². The van der Waals surface area contributed by atoms with E-state index in [4.69, 9.17) is 0 Å². The maximum absolute atomic E-state index is 12.3. The molecule has 0 aromatic heterocycles. The molecule has 16 heavy (non-hydrogen) atoms. The van der Waals surface area contributed by atoms with Crippen LogP contribution >= 0.6 is 0 Å². The third-order valence-electron chi connectivity index (χ3n) is 1.28. The Kier molecular flexibility index (Phi) is 3.76. The first-order valence-electron chi connectivity index (χ1n) is 3.38. The minimum absolute atomic E-state index is 1.83. The Bertz CT molecular complexity index is 308. The van der Waals surface area contributed by atoms with Crippen LogP contribution in [0.5, 0.6) is 0 Å². The van der Waals surface area contributed by atoms with Gasteiger partial charge < -0.3 is 0 Å². The fourth-order valence-corrected chi connectivity index (χ4v) is 0.438. The Morgan fingerprint density at radius 2 is 1.19 bits per heavy atom. The monoisotopic (exact) mass is 256 g/mol. The lowest BCUT2D eigenvalue weighted by Gasteiger charge is -2.27. The van der Waals surface area contributed by atoms with Gasteiger partial charge in [0.1, 0.15) is 0 Å². The van der Waals surface area contributed by atoms with Gasteiger partial charge in [-0.05, 0) is 0 Å². The van der Waals surface area contributed by atoms with Gasteiger partial charge in [0.05, 0.1) is 0 Å². The average molecular weight is 256 g/mol. The maximum Gasteiger partial charge on any atom is 0.431 e. The van der Waals surface area contributed by atoms with Gasteiger partial charge in [0, 0.05) is 0 Å². The van der Waals surface area contributed by atoms with Crippen LogP contribution in [0.1, 0.15) is 0 Å². The topological polar surface area (TPSA) is 9.23 Å². The average Bonchev–Trinajstić information content (AvgIpc) is 2.00. The highest BCUT2D eigenvalue weighted by Gasteiger charge is 2.65. The zero-order chi connectivity index (χ0) is 13.4. The van der Waals surface area contributed by atoms with Crippen LogP contribution in [-0.4, -0.2) is 18.1 Å². The molecule has 0 saturated heterocycles. The number of ether oxygens (including phenoxy) is 1. The van der Waals surface area contributed by atoms with Crippen LogP contribution in [0.25, 0.3) is 0 Å². The molecule has 0 atom stereocenters. The summed E-state index contributed by atoms with van der Waals surface area (Å²) in [5, 5.41) is 0.